The van der Waals surface area contributed by atoms with Crippen LogP contribution in [0.5, 0.6) is 5.75 Å². The number of nitrogens with zero attached hydrogens (tertiary/aromatic N) is 2. The number of hydrogen-bond acceptors (Lipinski definition) is 3. The van der Waals surface area contributed by atoms with E-state index in [9.17, 15) is 9.18 Å². The molecule has 1 aliphatic carbocycles. The number of aromatic nitrogens is 3. The number of imidazole rings is 1. The minimum absolute atomic E-state index is 0.00131. The van der Waals surface area contributed by atoms with Gasteiger partial charge in [0.2, 0.25) is 0 Å². The molecule has 2 atom stereocenters. The second-order valence-corrected chi connectivity index (χ2v) is 8.68. The van der Waals surface area contributed by atoms with Gasteiger partial charge in [-0.05, 0) is 50.1 Å². The average Bonchev–Trinajstić information content (AvgIpc) is 3.46. The van der Waals surface area contributed by atoms with Crippen LogP contribution in [0.4, 0.5) is 4.39 Å². The maximum atomic E-state index is 14.2. The van der Waals surface area contributed by atoms with Gasteiger partial charge in [-0.2, -0.15) is 0 Å². The van der Waals surface area contributed by atoms with Gasteiger partial charge in [0.15, 0.2) is 0 Å². The third-order valence-electron chi connectivity index (χ3n) is 5.92. The maximum Gasteiger partial charge on any atom is 0.258 e. The Bertz CT molecular complexity index is 1290. The molecule has 31 heavy (non-hydrogen) atoms. The highest BCUT2D eigenvalue weighted by atomic mass is 19.1. The lowest BCUT2D eigenvalue weighted by Crippen LogP contribution is -2.16. The summed E-state index contributed by atoms with van der Waals surface area (Å²) >= 11 is 0. The first-order chi connectivity index (χ1) is 14.9. The second-order valence-electron chi connectivity index (χ2n) is 8.68. The minimum Gasteiger partial charge on any atom is -0.489 e. The zero-order valence-electron chi connectivity index (χ0n) is 17.5. The summed E-state index contributed by atoms with van der Waals surface area (Å²) in [5.41, 5.74) is 2.06. The molecule has 4 aromatic rings. The van der Waals surface area contributed by atoms with E-state index >= 15 is 0 Å². The van der Waals surface area contributed by atoms with Crippen molar-refractivity contribution in [2.24, 2.45) is 5.92 Å². The first-order valence-electron chi connectivity index (χ1n) is 10.5. The molecule has 2 unspecified atom stereocenters. The van der Waals surface area contributed by atoms with Crippen LogP contribution in [0.15, 0.2) is 71.7 Å². The predicted octanol–water partition coefficient (Wildman–Crippen LogP) is 5.14. The summed E-state index contributed by atoms with van der Waals surface area (Å²) in [5, 5.41) is 0. The van der Waals surface area contributed by atoms with E-state index in [4.69, 9.17) is 4.74 Å². The number of pyridine rings is 1. The van der Waals surface area contributed by atoms with Crippen molar-refractivity contribution < 1.29 is 9.13 Å². The van der Waals surface area contributed by atoms with E-state index in [1.54, 1.807) is 30.7 Å². The van der Waals surface area contributed by atoms with Gasteiger partial charge < -0.3 is 9.72 Å². The van der Waals surface area contributed by atoms with E-state index in [0.717, 1.165) is 34.5 Å². The quantitative estimate of drug-likeness (QED) is 0.472. The van der Waals surface area contributed by atoms with Crippen LogP contribution >= 0.6 is 0 Å². The molecule has 2 aromatic heterocycles. The van der Waals surface area contributed by atoms with Crippen LogP contribution in [0.25, 0.3) is 16.7 Å². The van der Waals surface area contributed by atoms with Gasteiger partial charge in [0.25, 0.3) is 5.56 Å². The summed E-state index contributed by atoms with van der Waals surface area (Å²) in [7, 11) is 0. The van der Waals surface area contributed by atoms with Gasteiger partial charge in [0, 0.05) is 24.1 Å². The molecule has 0 radical (unpaired) electrons. The lowest BCUT2D eigenvalue weighted by atomic mass is 10.0. The predicted molar refractivity (Wildman–Crippen MR) is 118 cm³/mol. The molecule has 1 N–H and O–H groups in total. The first-order valence-corrected chi connectivity index (χ1v) is 10.5. The molecule has 5 nitrogen and oxygen atoms in total. The fraction of sp³-hybridized carbons (Fsp3) is 0.280. The van der Waals surface area contributed by atoms with Crippen LogP contribution in [0.3, 0.4) is 0 Å². The van der Waals surface area contributed by atoms with Crippen LogP contribution in [-0.4, -0.2) is 20.2 Å². The highest BCUT2D eigenvalue weighted by Gasteiger charge is 2.50. The molecule has 0 saturated heterocycles. The van der Waals surface area contributed by atoms with Crippen molar-refractivity contribution >= 4 is 11.0 Å². The van der Waals surface area contributed by atoms with Gasteiger partial charge in [-0.15, -0.1) is 0 Å². The molecule has 2 heterocycles. The number of alkyl halides is 1. The molecule has 0 amide bonds. The van der Waals surface area contributed by atoms with Gasteiger partial charge in [0.1, 0.15) is 23.8 Å². The van der Waals surface area contributed by atoms with E-state index < -0.39 is 5.67 Å². The Balaban J connectivity index is 1.36. The van der Waals surface area contributed by atoms with Gasteiger partial charge >= 0.3 is 0 Å². The van der Waals surface area contributed by atoms with Gasteiger partial charge in [-0.1, -0.05) is 30.3 Å². The Hall–Kier alpha value is -3.41. The zero-order chi connectivity index (χ0) is 21.6. The SMILES string of the molecule is CC(C)(F)C1CC1c1nc2ccc(-n3ccc(OCc4ccccc4)cc3=O)cc2[nH]1. The summed E-state index contributed by atoms with van der Waals surface area (Å²) in [6.45, 7) is 3.65. The Labute approximate surface area is 179 Å². The van der Waals surface area contributed by atoms with Crippen LogP contribution in [0, 0.1) is 5.92 Å². The van der Waals surface area contributed by atoms with E-state index in [2.05, 4.69) is 9.97 Å². The minimum atomic E-state index is -1.20. The van der Waals surface area contributed by atoms with Crippen LogP contribution in [0.1, 0.15) is 37.6 Å². The molecule has 0 spiro atoms. The van der Waals surface area contributed by atoms with E-state index in [1.165, 1.54) is 6.07 Å². The van der Waals surface area contributed by atoms with Gasteiger partial charge in [-0.25, -0.2) is 9.37 Å². The second kappa shape index (κ2) is 7.38. The molecule has 1 aliphatic rings. The van der Waals surface area contributed by atoms with Crippen molar-refractivity contribution in [3.63, 3.8) is 0 Å². The highest BCUT2D eigenvalue weighted by molar-refractivity contribution is 5.77. The smallest absolute Gasteiger partial charge is 0.258 e. The summed E-state index contributed by atoms with van der Waals surface area (Å²) in [4.78, 5) is 20.6. The molecular weight excluding hydrogens is 393 g/mol. The summed E-state index contributed by atoms with van der Waals surface area (Å²) in [6, 6.07) is 18.7. The number of H-pyrrole nitrogens is 1. The molecule has 0 bridgehead atoms. The number of aromatic amines is 1. The summed E-state index contributed by atoms with van der Waals surface area (Å²) in [5.74, 6) is 1.47. The third kappa shape index (κ3) is 3.98. The highest BCUT2D eigenvalue weighted by Crippen LogP contribution is 2.54. The molecule has 6 heteroatoms. The largest absolute Gasteiger partial charge is 0.489 e. The van der Waals surface area contributed by atoms with Crippen LogP contribution in [-0.2, 0) is 6.61 Å². The van der Waals surface area contributed by atoms with Crippen molar-refractivity contribution in [1.29, 1.82) is 0 Å². The normalized spacial score (nSPS) is 18.3. The number of fused-ring (bicyclic) bond motifs is 1. The number of ether oxygens (including phenoxy) is 1. The fourth-order valence-corrected chi connectivity index (χ4v) is 4.10. The number of rotatable bonds is 6. The number of hydrogen-bond donors (Lipinski definition) is 1. The summed E-state index contributed by atoms with van der Waals surface area (Å²) < 4.78 is 21.5. The number of halogens is 1. The number of nitrogens with one attached hydrogen (secondary N) is 1. The van der Waals surface area contributed by atoms with E-state index in [0.29, 0.717) is 12.4 Å². The monoisotopic (exact) mass is 417 g/mol. The van der Waals surface area contributed by atoms with Crippen LogP contribution in [0.2, 0.25) is 0 Å². The Kier molecular flexibility index (Phi) is 4.65. The Morgan fingerprint density at radius 2 is 1.97 bits per heavy atom. The molecule has 0 aliphatic heterocycles. The zero-order valence-corrected chi connectivity index (χ0v) is 17.5. The first kappa shape index (κ1) is 19.5. The topological polar surface area (TPSA) is 59.9 Å². The molecular formula is C25H24FN3O2. The molecule has 1 saturated carbocycles. The van der Waals surface area contributed by atoms with Gasteiger partial charge in [-0.3, -0.25) is 9.36 Å². The fourth-order valence-electron chi connectivity index (χ4n) is 4.10. The van der Waals surface area contributed by atoms with Crippen molar-refractivity contribution in [2.75, 3.05) is 0 Å². The summed E-state index contributed by atoms with van der Waals surface area (Å²) in [6.07, 6.45) is 2.52. The maximum absolute atomic E-state index is 14.2. The van der Waals surface area contributed by atoms with Crippen molar-refractivity contribution in [2.45, 2.75) is 38.5 Å². The van der Waals surface area contributed by atoms with E-state index in [-0.39, 0.29) is 17.4 Å². The Morgan fingerprint density at radius 3 is 2.68 bits per heavy atom. The standard InChI is InChI=1S/C25H24FN3O2/c1-25(2,26)20-14-19(20)24-27-21-9-8-17(12-22(21)28-24)29-11-10-18(13-23(29)30)31-15-16-6-4-3-5-7-16/h3-13,19-20H,14-15H2,1-2H3,(H,27,28). The van der Waals surface area contributed by atoms with Crippen molar-refractivity contribution in [3.8, 4) is 11.4 Å². The van der Waals surface area contributed by atoms with Gasteiger partial charge in [0.05, 0.1) is 16.7 Å². The average molecular weight is 417 g/mol. The lowest BCUT2D eigenvalue weighted by Gasteiger charge is -2.12. The number of benzene rings is 2. The van der Waals surface area contributed by atoms with Crippen molar-refractivity contribution in [3.05, 3.63) is 88.6 Å². The molecule has 5 rings (SSSR count). The van der Waals surface area contributed by atoms with Crippen LogP contribution < -0.4 is 10.3 Å². The molecule has 1 fully saturated rings. The Morgan fingerprint density at radius 1 is 1.16 bits per heavy atom. The lowest BCUT2D eigenvalue weighted by molar-refractivity contribution is 0.180. The third-order valence-corrected chi connectivity index (χ3v) is 5.92. The van der Waals surface area contributed by atoms with Crippen molar-refractivity contribution in [1.82, 2.24) is 14.5 Å². The molecule has 158 valence electrons. The van der Waals surface area contributed by atoms with E-state index in [1.807, 2.05) is 48.5 Å². The molecule has 2 aromatic carbocycles.